The Kier molecular flexibility index (Phi) is 10.7. The average molecular weight is 584 g/mol. The lowest BCUT2D eigenvalue weighted by Gasteiger charge is -2.59. The molecule has 4 aliphatic rings. The molecule has 8 atom stereocenters. The van der Waals surface area contributed by atoms with Crippen LogP contribution in [-0.4, -0.2) is 35.0 Å². The van der Waals surface area contributed by atoms with Crippen LogP contribution < -0.4 is 0 Å². The van der Waals surface area contributed by atoms with E-state index in [2.05, 4.69) is 40.7 Å². The zero-order valence-corrected chi connectivity index (χ0v) is 28.9. The molecule has 0 bridgehead atoms. The summed E-state index contributed by atoms with van der Waals surface area (Å²) in [5, 5.41) is 0. The number of hydrogen-bond acceptors (Lipinski definition) is 3. The van der Waals surface area contributed by atoms with Crippen molar-refractivity contribution in [2.24, 2.45) is 46.3 Å². The summed E-state index contributed by atoms with van der Waals surface area (Å²) in [6.07, 6.45) is 19.0. The molecule has 0 aromatic rings. The minimum atomic E-state index is -0.505. The number of carbonyl (C=O) groups excluding carboxylic acids is 2. The SMILES string of the molecule is CC(=O)CCCCN(C(=O)OC(C)(C)C)C1CC[C@@]2(C)C(=CCC3C2CC[C@@]2(C)C3CC[C@@H]2C(C)CCCC(C)C)C1. The van der Waals surface area contributed by atoms with Gasteiger partial charge in [0, 0.05) is 19.0 Å². The summed E-state index contributed by atoms with van der Waals surface area (Å²) in [4.78, 5) is 27.0. The third-order valence-corrected chi connectivity index (χ3v) is 12.5. The predicted octanol–water partition coefficient (Wildman–Crippen LogP) is 10.4. The first-order chi connectivity index (χ1) is 19.7. The van der Waals surface area contributed by atoms with Crippen molar-refractivity contribution in [2.75, 3.05) is 6.54 Å². The van der Waals surface area contributed by atoms with Gasteiger partial charge in [0.1, 0.15) is 11.4 Å². The maximum Gasteiger partial charge on any atom is 0.410 e. The van der Waals surface area contributed by atoms with Crippen molar-refractivity contribution in [1.82, 2.24) is 4.90 Å². The largest absolute Gasteiger partial charge is 0.444 e. The standard InChI is InChI=1S/C38H65NO3/c1-26(2)13-12-14-27(3)32-18-19-33-31-17-16-29-25-30(20-22-37(29,8)34(31)21-23-38(32,33)9)39(24-11-10-15-28(4)40)35(41)42-36(5,6)7/h16,26-27,30-34H,10-15,17-25H2,1-9H3/t27?,30?,31?,32-,33?,34?,37+,38-/m1/s1. The number of rotatable bonds is 11. The number of allylic oxidation sites excluding steroid dienone is 1. The highest BCUT2D eigenvalue weighted by Gasteiger charge is 2.59. The Morgan fingerprint density at radius 3 is 2.38 bits per heavy atom. The van der Waals surface area contributed by atoms with Crippen LogP contribution >= 0.6 is 0 Å². The van der Waals surface area contributed by atoms with Crippen LogP contribution in [0.5, 0.6) is 0 Å². The highest BCUT2D eigenvalue weighted by atomic mass is 16.6. The summed E-state index contributed by atoms with van der Waals surface area (Å²) < 4.78 is 5.90. The number of fused-ring (bicyclic) bond motifs is 5. The Morgan fingerprint density at radius 1 is 0.976 bits per heavy atom. The summed E-state index contributed by atoms with van der Waals surface area (Å²) >= 11 is 0. The van der Waals surface area contributed by atoms with Gasteiger partial charge in [0.2, 0.25) is 0 Å². The van der Waals surface area contributed by atoms with Crippen molar-refractivity contribution in [1.29, 1.82) is 0 Å². The molecule has 240 valence electrons. The molecular formula is C38H65NO3. The van der Waals surface area contributed by atoms with Gasteiger partial charge in [0.25, 0.3) is 0 Å². The molecule has 4 heteroatoms. The fourth-order valence-electron chi connectivity index (χ4n) is 10.3. The number of Topliss-reactive ketones (excluding diaryl/α,β-unsaturated/α-hetero) is 1. The molecule has 4 nitrogen and oxygen atoms in total. The molecule has 0 N–H and O–H groups in total. The molecule has 5 unspecified atom stereocenters. The molecule has 4 rings (SSSR count). The lowest BCUT2D eigenvalue weighted by atomic mass is 9.46. The van der Waals surface area contributed by atoms with Gasteiger partial charge in [-0.1, -0.05) is 65.5 Å². The fourth-order valence-corrected chi connectivity index (χ4v) is 10.3. The number of nitrogens with zero attached hydrogens (tertiary/aromatic N) is 1. The Morgan fingerprint density at radius 2 is 1.71 bits per heavy atom. The van der Waals surface area contributed by atoms with Crippen LogP contribution in [0, 0.1) is 46.3 Å². The van der Waals surface area contributed by atoms with Gasteiger partial charge in [-0.15, -0.1) is 0 Å². The lowest BCUT2D eigenvalue weighted by Crippen LogP contribution is -2.53. The molecule has 3 fully saturated rings. The van der Waals surface area contributed by atoms with Crippen molar-refractivity contribution < 1.29 is 14.3 Å². The maximum atomic E-state index is 13.4. The van der Waals surface area contributed by atoms with E-state index in [1.54, 1.807) is 12.5 Å². The van der Waals surface area contributed by atoms with Gasteiger partial charge in [-0.2, -0.15) is 0 Å². The first-order valence-electron chi connectivity index (χ1n) is 17.8. The molecule has 0 saturated heterocycles. The smallest absolute Gasteiger partial charge is 0.410 e. The van der Waals surface area contributed by atoms with E-state index in [1.807, 2.05) is 25.7 Å². The van der Waals surface area contributed by atoms with E-state index >= 15 is 0 Å². The predicted molar refractivity (Wildman–Crippen MR) is 174 cm³/mol. The summed E-state index contributed by atoms with van der Waals surface area (Å²) in [5.74, 6) is 5.29. The third kappa shape index (κ3) is 7.31. The Labute approximate surface area is 259 Å². The minimum Gasteiger partial charge on any atom is -0.444 e. The number of carbonyl (C=O) groups is 2. The first-order valence-corrected chi connectivity index (χ1v) is 17.8. The molecule has 1 amide bonds. The molecule has 0 aromatic heterocycles. The Balaban J connectivity index is 1.46. The van der Waals surface area contributed by atoms with Crippen LogP contribution in [0.4, 0.5) is 4.79 Å². The molecule has 0 radical (unpaired) electrons. The number of ketones is 1. The van der Waals surface area contributed by atoms with E-state index in [9.17, 15) is 9.59 Å². The quantitative estimate of drug-likeness (QED) is 0.179. The highest BCUT2D eigenvalue weighted by Crippen LogP contribution is 2.67. The van der Waals surface area contributed by atoms with Crippen molar-refractivity contribution >= 4 is 11.9 Å². The van der Waals surface area contributed by atoms with Crippen LogP contribution in [0.25, 0.3) is 0 Å². The van der Waals surface area contributed by atoms with E-state index < -0.39 is 5.60 Å². The molecule has 0 aliphatic heterocycles. The third-order valence-electron chi connectivity index (χ3n) is 12.5. The van der Waals surface area contributed by atoms with Gasteiger partial charge in [-0.25, -0.2) is 4.79 Å². The molecule has 3 saturated carbocycles. The monoisotopic (exact) mass is 583 g/mol. The summed E-state index contributed by atoms with van der Waals surface area (Å²) in [5.41, 5.74) is 1.91. The van der Waals surface area contributed by atoms with Crippen LogP contribution in [-0.2, 0) is 9.53 Å². The lowest BCUT2D eigenvalue weighted by molar-refractivity contribution is -0.117. The van der Waals surface area contributed by atoms with E-state index in [1.165, 1.54) is 57.8 Å². The number of unbranched alkanes of at least 4 members (excludes halogenated alkanes) is 1. The van der Waals surface area contributed by atoms with Crippen LogP contribution in [0.15, 0.2) is 11.6 Å². The Bertz CT molecular complexity index is 977. The number of ether oxygens (including phenoxy) is 1. The summed E-state index contributed by atoms with van der Waals surface area (Å²) in [7, 11) is 0. The zero-order valence-electron chi connectivity index (χ0n) is 28.9. The van der Waals surface area contributed by atoms with E-state index in [0.29, 0.717) is 18.4 Å². The topological polar surface area (TPSA) is 46.6 Å². The van der Waals surface area contributed by atoms with Gasteiger partial charge in [-0.05, 0) is 138 Å². The molecule has 0 aromatic carbocycles. The molecule has 42 heavy (non-hydrogen) atoms. The molecule has 0 heterocycles. The fraction of sp³-hybridized carbons (Fsp3) is 0.895. The number of hydrogen-bond donors (Lipinski definition) is 0. The highest BCUT2D eigenvalue weighted by molar-refractivity contribution is 5.75. The molecular weight excluding hydrogens is 518 g/mol. The van der Waals surface area contributed by atoms with Gasteiger partial charge in [-0.3, -0.25) is 0 Å². The van der Waals surface area contributed by atoms with Crippen LogP contribution in [0.1, 0.15) is 152 Å². The minimum absolute atomic E-state index is 0.179. The summed E-state index contributed by atoms with van der Waals surface area (Å²) in [6.45, 7) is 20.8. The molecule has 4 aliphatic carbocycles. The van der Waals surface area contributed by atoms with Crippen molar-refractivity contribution in [3.05, 3.63) is 11.6 Å². The maximum absolute atomic E-state index is 13.4. The normalized spacial score (nSPS) is 35.1. The van der Waals surface area contributed by atoms with Crippen molar-refractivity contribution in [3.63, 3.8) is 0 Å². The second-order valence-corrected chi connectivity index (χ2v) is 17.0. The average Bonchev–Trinajstić information content (AvgIpc) is 3.24. The second-order valence-electron chi connectivity index (χ2n) is 17.0. The number of amides is 1. The summed E-state index contributed by atoms with van der Waals surface area (Å²) in [6, 6.07) is 0.199. The van der Waals surface area contributed by atoms with E-state index in [4.69, 9.17) is 4.74 Å². The second kappa shape index (κ2) is 13.4. The van der Waals surface area contributed by atoms with Crippen LogP contribution in [0.3, 0.4) is 0 Å². The van der Waals surface area contributed by atoms with Gasteiger partial charge >= 0.3 is 6.09 Å². The van der Waals surface area contributed by atoms with Crippen molar-refractivity contribution in [2.45, 2.75) is 164 Å². The molecule has 0 spiro atoms. The van der Waals surface area contributed by atoms with E-state index in [0.717, 1.165) is 61.2 Å². The van der Waals surface area contributed by atoms with Gasteiger partial charge in [0.15, 0.2) is 0 Å². The first kappa shape index (κ1) is 33.6. The van der Waals surface area contributed by atoms with Crippen molar-refractivity contribution in [3.8, 4) is 0 Å². The van der Waals surface area contributed by atoms with Crippen LogP contribution in [0.2, 0.25) is 0 Å². The van der Waals surface area contributed by atoms with Gasteiger partial charge < -0.3 is 14.4 Å². The zero-order chi connectivity index (χ0) is 30.9. The van der Waals surface area contributed by atoms with E-state index in [-0.39, 0.29) is 23.3 Å². The Hall–Kier alpha value is -1.32. The van der Waals surface area contributed by atoms with Gasteiger partial charge in [0.05, 0.1) is 0 Å².